The number of carbonyl (C=O) groups is 2. The Kier molecular flexibility index (Phi) is 40.6. The fourth-order valence-electron chi connectivity index (χ4n) is 5.60. The van der Waals surface area contributed by atoms with E-state index in [0.717, 1.165) is 103 Å². The molecule has 0 amide bonds. The smallest absolute Gasteiger partial charge is 0.306 e. The predicted octanol–water partition coefficient (Wildman–Crippen LogP) is 14.0. The zero-order valence-electron chi connectivity index (χ0n) is 34.1. The van der Waals surface area contributed by atoms with E-state index in [-0.39, 0.29) is 25.2 Å². The lowest BCUT2D eigenvalue weighted by Gasteiger charge is -2.18. The first-order valence-corrected chi connectivity index (χ1v) is 21.5. The quantitative estimate of drug-likeness (QED) is 0.0360. The Morgan fingerprint density at radius 3 is 1.40 bits per heavy atom. The number of rotatable bonds is 38. The molecule has 0 saturated carbocycles. The number of carbonyl (C=O) groups excluding carboxylic acids is 2. The third-order valence-corrected chi connectivity index (χ3v) is 8.74. The number of allylic oxidation sites excluding steroid dienone is 12. The maximum atomic E-state index is 12.6. The Balaban J connectivity index is 4.19. The van der Waals surface area contributed by atoms with Crippen molar-refractivity contribution >= 4 is 11.9 Å². The van der Waals surface area contributed by atoms with Crippen molar-refractivity contribution in [3.8, 4) is 0 Å². The first kappa shape index (κ1) is 49.3. The van der Waals surface area contributed by atoms with E-state index < -0.39 is 6.10 Å². The van der Waals surface area contributed by atoms with Gasteiger partial charge in [-0.3, -0.25) is 9.59 Å². The minimum absolute atomic E-state index is 0.0657. The molecule has 0 heterocycles. The molecule has 0 aromatic rings. The van der Waals surface area contributed by atoms with Crippen LogP contribution in [0.15, 0.2) is 72.9 Å². The van der Waals surface area contributed by atoms with Gasteiger partial charge in [-0.15, -0.1) is 0 Å². The van der Waals surface area contributed by atoms with Crippen LogP contribution < -0.4 is 0 Å². The summed E-state index contributed by atoms with van der Waals surface area (Å²) in [6, 6.07) is 0. The van der Waals surface area contributed by atoms with Crippen LogP contribution in [0.1, 0.15) is 188 Å². The van der Waals surface area contributed by atoms with Crippen molar-refractivity contribution in [2.24, 2.45) is 0 Å². The Labute approximate surface area is 321 Å². The molecule has 0 aliphatic rings. The first-order valence-electron chi connectivity index (χ1n) is 21.5. The summed E-state index contributed by atoms with van der Waals surface area (Å²) in [5, 5.41) is 0. The molecule has 0 rings (SSSR count). The second kappa shape index (κ2) is 42.8. The van der Waals surface area contributed by atoms with Crippen LogP contribution in [0, 0.1) is 0 Å². The topological polar surface area (TPSA) is 61.8 Å². The van der Waals surface area contributed by atoms with Crippen LogP contribution in [0.3, 0.4) is 0 Å². The highest BCUT2D eigenvalue weighted by molar-refractivity contribution is 5.70. The van der Waals surface area contributed by atoms with Crippen molar-refractivity contribution < 1.29 is 23.8 Å². The highest BCUT2D eigenvalue weighted by Gasteiger charge is 2.17. The molecule has 0 aliphatic heterocycles. The minimum Gasteiger partial charge on any atom is -0.462 e. The number of unbranched alkanes of at least 4 members (excludes halogenated alkanes) is 15. The number of ether oxygens (including phenoxy) is 3. The van der Waals surface area contributed by atoms with E-state index in [1.807, 2.05) is 0 Å². The molecule has 5 nitrogen and oxygen atoms in total. The summed E-state index contributed by atoms with van der Waals surface area (Å²) in [7, 11) is 0. The average molecular weight is 725 g/mol. The minimum atomic E-state index is -0.552. The molecule has 5 heteroatoms. The Morgan fingerprint density at radius 2 is 0.865 bits per heavy atom. The fourth-order valence-corrected chi connectivity index (χ4v) is 5.60. The van der Waals surface area contributed by atoms with Gasteiger partial charge in [-0.25, -0.2) is 0 Å². The van der Waals surface area contributed by atoms with Crippen LogP contribution in [0.4, 0.5) is 0 Å². The molecule has 0 spiro atoms. The number of hydrogen-bond donors (Lipinski definition) is 0. The monoisotopic (exact) mass is 725 g/mol. The lowest BCUT2D eigenvalue weighted by atomic mass is 10.1. The molecule has 0 aliphatic carbocycles. The van der Waals surface area contributed by atoms with E-state index in [4.69, 9.17) is 14.2 Å². The molecule has 0 aromatic carbocycles. The Morgan fingerprint density at radius 1 is 0.442 bits per heavy atom. The van der Waals surface area contributed by atoms with Crippen molar-refractivity contribution in [3.63, 3.8) is 0 Å². The molecule has 0 fully saturated rings. The van der Waals surface area contributed by atoms with Gasteiger partial charge in [0.1, 0.15) is 6.61 Å². The van der Waals surface area contributed by atoms with Crippen molar-refractivity contribution in [1.82, 2.24) is 0 Å². The van der Waals surface area contributed by atoms with Gasteiger partial charge in [0.25, 0.3) is 0 Å². The molecular formula is C47H80O5. The van der Waals surface area contributed by atoms with E-state index in [1.165, 1.54) is 51.4 Å². The van der Waals surface area contributed by atoms with Crippen LogP contribution in [0.2, 0.25) is 0 Å². The van der Waals surface area contributed by atoms with Crippen LogP contribution in [0.5, 0.6) is 0 Å². The van der Waals surface area contributed by atoms with Gasteiger partial charge < -0.3 is 14.2 Å². The van der Waals surface area contributed by atoms with Crippen molar-refractivity contribution in [1.29, 1.82) is 0 Å². The van der Waals surface area contributed by atoms with E-state index in [2.05, 4.69) is 93.7 Å². The van der Waals surface area contributed by atoms with E-state index in [0.29, 0.717) is 19.4 Å². The fraction of sp³-hybridized carbons (Fsp3) is 0.702. The molecule has 0 bridgehead atoms. The van der Waals surface area contributed by atoms with Gasteiger partial charge in [-0.2, -0.15) is 0 Å². The molecule has 0 radical (unpaired) electrons. The Hall–Kier alpha value is -2.66. The van der Waals surface area contributed by atoms with Crippen LogP contribution in [-0.2, 0) is 23.8 Å². The molecule has 0 N–H and O–H groups in total. The second-order valence-electron chi connectivity index (χ2n) is 13.8. The van der Waals surface area contributed by atoms with Crippen LogP contribution >= 0.6 is 0 Å². The summed E-state index contributed by atoms with van der Waals surface area (Å²) in [5.41, 5.74) is 0. The van der Waals surface area contributed by atoms with E-state index in [9.17, 15) is 9.59 Å². The predicted molar refractivity (Wildman–Crippen MR) is 224 cm³/mol. The van der Waals surface area contributed by atoms with Gasteiger partial charge >= 0.3 is 11.9 Å². The summed E-state index contributed by atoms with van der Waals surface area (Å²) in [4.78, 5) is 25.1. The normalized spacial score (nSPS) is 12.9. The van der Waals surface area contributed by atoms with Gasteiger partial charge in [0.15, 0.2) is 6.10 Å². The van der Waals surface area contributed by atoms with Gasteiger partial charge in [-0.05, 0) is 83.5 Å². The SMILES string of the molecule is CC/C=C\C/C=C\C/C=C\CCCCCCCCCC(=O)OCC(COCCCCCCCC)OC(=O)CCCCC/C=C\C/C=C\C/C=C\CC. The summed E-state index contributed by atoms with van der Waals surface area (Å²) >= 11 is 0. The van der Waals surface area contributed by atoms with Gasteiger partial charge in [0.2, 0.25) is 0 Å². The van der Waals surface area contributed by atoms with Gasteiger partial charge in [-0.1, -0.05) is 164 Å². The molecule has 1 unspecified atom stereocenters. The molecule has 0 saturated heterocycles. The van der Waals surface area contributed by atoms with Crippen molar-refractivity contribution in [3.05, 3.63) is 72.9 Å². The zero-order valence-corrected chi connectivity index (χ0v) is 34.1. The average Bonchev–Trinajstić information content (AvgIpc) is 3.14. The highest BCUT2D eigenvalue weighted by atomic mass is 16.6. The van der Waals surface area contributed by atoms with Gasteiger partial charge in [0, 0.05) is 19.4 Å². The summed E-state index contributed by atoms with van der Waals surface area (Å²) in [6.07, 6.45) is 53.4. The third kappa shape index (κ3) is 40.1. The molecular weight excluding hydrogens is 645 g/mol. The zero-order chi connectivity index (χ0) is 37.8. The number of esters is 2. The molecule has 52 heavy (non-hydrogen) atoms. The standard InChI is InChI=1S/C47H80O5/c1-4-7-10-13-16-18-20-22-23-24-25-27-28-30-32-34-37-40-46(48)51-44-45(43-50-42-39-36-15-12-9-6-3)52-47(49)41-38-35-33-31-29-26-21-19-17-14-11-8-5-2/h7-8,10-11,16-19,22-23,26,29,45H,4-6,9,12-15,20-21,24-25,27-28,30-44H2,1-3H3/b10-7-,11-8-,18-16-,19-17-,23-22-,29-26-. The lowest BCUT2D eigenvalue weighted by molar-refractivity contribution is -0.163. The van der Waals surface area contributed by atoms with Crippen LogP contribution in [-0.4, -0.2) is 37.9 Å². The van der Waals surface area contributed by atoms with E-state index in [1.54, 1.807) is 0 Å². The summed E-state index contributed by atoms with van der Waals surface area (Å²) < 4.78 is 17.1. The third-order valence-electron chi connectivity index (χ3n) is 8.74. The Bertz CT molecular complexity index is 957. The lowest BCUT2D eigenvalue weighted by Crippen LogP contribution is -2.30. The van der Waals surface area contributed by atoms with Crippen molar-refractivity contribution in [2.75, 3.05) is 19.8 Å². The molecule has 0 aromatic heterocycles. The number of hydrogen-bond acceptors (Lipinski definition) is 5. The molecule has 1 atom stereocenters. The van der Waals surface area contributed by atoms with Crippen LogP contribution in [0.25, 0.3) is 0 Å². The second-order valence-corrected chi connectivity index (χ2v) is 13.8. The maximum absolute atomic E-state index is 12.6. The maximum Gasteiger partial charge on any atom is 0.306 e. The van der Waals surface area contributed by atoms with Crippen molar-refractivity contribution in [2.45, 2.75) is 194 Å². The molecule has 298 valence electrons. The first-order chi connectivity index (χ1) is 25.6. The summed E-state index contributed by atoms with van der Waals surface area (Å²) in [6.45, 7) is 7.51. The summed E-state index contributed by atoms with van der Waals surface area (Å²) in [5.74, 6) is -0.450. The van der Waals surface area contributed by atoms with E-state index >= 15 is 0 Å². The van der Waals surface area contributed by atoms with Gasteiger partial charge in [0.05, 0.1) is 6.61 Å². The largest absolute Gasteiger partial charge is 0.462 e. The highest BCUT2D eigenvalue weighted by Crippen LogP contribution is 2.12.